The molecule has 0 bridgehead atoms. The SMILES string of the molecule is C/C(=N/NC(=O)CSc1nnc(-c2cccc(Br)c2)n1C)c1ccccc1. The van der Waals surface area contributed by atoms with Gasteiger partial charge >= 0.3 is 0 Å². The monoisotopic (exact) mass is 443 g/mol. The summed E-state index contributed by atoms with van der Waals surface area (Å²) in [5.74, 6) is 0.759. The molecule has 0 spiro atoms. The average molecular weight is 444 g/mol. The van der Waals surface area contributed by atoms with Crippen molar-refractivity contribution >= 4 is 39.3 Å². The van der Waals surface area contributed by atoms with Crippen LogP contribution in [-0.2, 0) is 11.8 Å². The number of hydrazone groups is 1. The molecule has 2 aromatic carbocycles. The predicted octanol–water partition coefficient (Wildman–Crippen LogP) is 3.88. The van der Waals surface area contributed by atoms with E-state index in [4.69, 9.17) is 0 Å². The second-order valence-electron chi connectivity index (χ2n) is 5.76. The van der Waals surface area contributed by atoms with E-state index in [0.717, 1.165) is 27.1 Å². The highest BCUT2D eigenvalue weighted by Gasteiger charge is 2.13. The number of carbonyl (C=O) groups excluding carboxylic acids is 1. The summed E-state index contributed by atoms with van der Waals surface area (Å²) >= 11 is 4.78. The normalized spacial score (nSPS) is 11.4. The Morgan fingerprint density at radius 1 is 1.19 bits per heavy atom. The quantitative estimate of drug-likeness (QED) is 0.356. The summed E-state index contributed by atoms with van der Waals surface area (Å²) in [6, 6.07) is 17.6. The number of benzene rings is 2. The van der Waals surface area contributed by atoms with Gasteiger partial charge < -0.3 is 4.57 Å². The molecule has 1 heterocycles. The van der Waals surface area contributed by atoms with Gasteiger partial charge in [0, 0.05) is 17.1 Å². The zero-order valence-electron chi connectivity index (χ0n) is 14.9. The van der Waals surface area contributed by atoms with Crippen molar-refractivity contribution in [1.82, 2.24) is 20.2 Å². The molecule has 0 aliphatic carbocycles. The lowest BCUT2D eigenvalue weighted by Crippen LogP contribution is -2.21. The van der Waals surface area contributed by atoms with Crippen LogP contribution in [0.25, 0.3) is 11.4 Å². The number of nitrogens with one attached hydrogen (secondary N) is 1. The number of hydrogen-bond acceptors (Lipinski definition) is 5. The Morgan fingerprint density at radius 2 is 1.96 bits per heavy atom. The summed E-state index contributed by atoms with van der Waals surface area (Å²) < 4.78 is 2.85. The van der Waals surface area contributed by atoms with Gasteiger partial charge in [-0.05, 0) is 24.6 Å². The second kappa shape index (κ2) is 8.96. The van der Waals surface area contributed by atoms with Crippen molar-refractivity contribution in [3.8, 4) is 11.4 Å². The molecule has 1 amide bonds. The highest BCUT2D eigenvalue weighted by molar-refractivity contribution is 9.10. The molecule has 0 radical (unpaired) electrons. The van der Waals surface area contributed by atoms with Crippen LogP contribution in [0.3, 0.4) is 0 Å². The van der Waals surface area contributed by atoms with Gasteiger partial charge in [0.05, 0.1) is 11.5 Å². The van der Waals surface area contributed by atoms with Gasteiger partial charge in [0.25, 0.3) is 5.91 Å². The van der Waals surface area contributed by atoms with Gasteiger partial charge in [-0.3, -0.25) is 4.79 Å². The van der Waals surface area contributed by atoms with Gasteiger partial charge in [-0.2, -0.15) is 5.10 Å². The van der Waals surface area contributed by atoms with E-state index in [0.29, 0.717) is 5.16 Å². The molecule has 0 fully saturated rings. The molecule has 1 N–H and O–H groups in total. The van der Waals surface area contributed by atoms with E-state index < -0.39 is 0 Å². The minimum absolute atomic E-state index is 0.192. The first-order valence-electron chi connectivity index (χ1n) is 8.21. The zero-order valence-corrected chi connectivity index (χ0v) is 17.3. The topological polar surface area (TPSA) is 72.2 Å². The number of carbonyl (C=O) groups is 1. The summed E-state index contributed by atoms with van der Waals surface area (Å²) in [5, 5.41) is 13.2. The molecular formula is C19H18BrN5OS. The third kappa shape index (κ3) is 5.05. The summed E-state index contributed by atoms with van der Waals surface area (Å²) in [5.41, 5.74) is 5.26. The van der Waals surface area contributed by atoms with Gasteiger partial charge in [0.2, 0.25) is 0 Å². The van der Waals surface area contributed by atoms with Gasteiger partial charge in [0.1, 0.15) is 0 Å². The van der Waals surface area contributed by atoms with Crippen molar-refractivity contribution in [1.29, 1.82) is 0 Å². The molecule has 1 aromatic heterocycles. The van der Waals surface area contributed by atoms with E-state index in [1.807, 2.05) is 73.1 Å². The number of amides is 1. The fourth-order valence-corrected chi connectivity index (χ4v) is 3.47. The first-order chi connectivity index (χ1) is 13.0. The Morgan fingerprint density at radius 3 is 2.70 bits per heavy atom. The highest BCUT2D eigenvalue weighted by Crippen LogP contribution is 2.24. The average Bonchev–Trinajstić information content (AvgIpc) is 3.05. The predicted molar refractivity (Wildman–Crippen MR) is 112 cm³/mol. The second-order valence-corrected chi connectivity index (χ2v) is 7.62. The third-order valence-electron chi connectivity index (χ3n) is 3.79. The maximum absolute atomic E-state index is 12.1. The zero-order chi connectivity index (χ0) is 19.2. The molecule has 0 aliphatic heterocycles. The number of nitrogens with zero attached hydrogens (tertiary/aromatic N) is 4. The number of aromatic nitrogens is 3. The lowest BCUT2D eigenvalue weighted by molar-refractivity contribution is -0.118. The molecule has 0 atom stereocenters. The lowest BCUT2D eigenvalue weighted by Gasteiger charge is -2.05. The van der Waals surface area contributed by atoms with Crippen molar-refractivity contribution in [2.75, 3.05) is 5.75 Å². The Bertz CT molecular complexity index is 971. The van der Waals surface area contributed by atoms with E-state index in [2.05, 4.69) is 36.7 Å². The molecule has 0 saturated carbocycles. The number of rotatable bonds is 6. The molecule has 3 aromatic rings. The number of thioether (sulfide) groups is 1. The molecule has 0 saturated heterocycles. The number of hydrogen-bond donors (Lipinski definition) is 1. The van der Waals surface area contributed by atoms with Gasteiger partial charge in [-0.25, -0.2) is 5.43 Å². The fraction of sp³-hybridized carbons (Fsp3) is 0.158. The Balaban J connectivity index is 1.60. The Labute approximate surface area is 170 Å². The maximum atomic E-state index is 12.1. The van der Waals surface area contributed by atoms with Crippen LogP contribution >= 0.6 is 27.7 Å². The molecule has 0 aliphatic rings. The van der Waals surface area contributed by atoms with Crippen LogP contribution in [0.4, 0.5) is 0 Å². The molecule has 8 heteroatoms. The largest absolute Gasteiger partial charge is 0.305 e. The molecule has 27 heavy (non-hydrogen) atoms. The van der Waals surface area contributed by atoms with Crippen molar-refractivity contribution in [3.05, 3.63) is 64.6 Å². The first kappa shape index (κ1) is 19.3. The van der Waals surface area contributed by atoms with Crippen LogP contribution in [0.1, 0.15) is 12.5 Å². The molecule has 6 nitrogen and oxygen atoms in total. The minimum Gasteiger partial charge on any atom is -0.305 e. The van der Waals surface area contributed by atoms with Crippen molar-refractivity contribution < 1.29 is 4.79 Å². The number of halogens is 1. The maximum Gasteiger partial charge on any atom is 0.250 e. The van der Waals surface area contributed by atoms with Crippen molar-refractivity contribution in [2.45, 2.75) is 12.1 Å². The third-order valence-corrected chi connectivity index (χ3v) is 5.30. The highest BCUT2D eigenvalue weighted by atomic mass is 79.9. The summed E-state index contributed by atoms with van der Waals surface area (Å²) in [4.78, 5) is 12.1. The molecule has 3 rings (SSSR count). The van der Waals surface area contributed by atoms with Crippen molar-refractivity contribution in [2.24, 2.45) is 12.1 Å². The molecule has 0 unspecified atom stereocenters. The van der Waals surface area contributed by atoms with Crippen LogP contribution < -0.4 is 5.43 Å². The van der Waals surface area contributed by atoms with Crippen LogP contribution in [0, 0.1) is 0 Å². The minimum atomic E-state index is -0.192. The van der Waals surface area contributed by atoms with E-state index in [1.165, 1.54) is 11.8 Å². The van der Waals surface area contributed by atoms with Gasteiger partial charge in [0.15, 0.2) is 11.0 Å². The van der Waals surface area contributed by atoms with Crippen LogP contribution in [0.15, 0.2) is 69.3 Å². The van der Waals surface area contributed by atoms with E-state index >= 15 is 0 Å². The summed E-state index contributed by atoms with van der Waals surface area (Å²) in [6.07, 6.45) is 0. The Kier molecular flexibility index (Phi) is 6.41. The van der Waals surface area contributed by atoms with E-state index in [1.54, 1.807) is 0 Å². The summed E-state index contributed by atoms with van der Waals surface area (Å²) in [6.45, 7) is 1.86. The van der Waals surface area contributed by atoms with Crippen LogP contribution in [-0.4, -0.2) is 32.1 Å². The van der Waals surface area contributed by atoms with E-state index in [-0.39, 0.29) is 11.7 Å². The van der Waals surface area contributed by atoms with Gasteiger partial charge in [-0.1, -0.05) is 70.2 Å². The molecule has 138 valence electrons. The van der Waals surface area contributed by atoms with Crippen molar-refractivity contribution in [3.63, 3.8) is 0 Å². The van der Waals surface area contributed by atoms with Gasteiger partial charge in [-0.15, -0.1) is 10.2 Å². The standard InChI is InChI=1S/C19H18BrN5OS/c1-13(14-7-4-3-5-8-14)21-22-17(26)12-27-19-24-23-18(25(19)2)15-9-6-10-16(20)11-15/h3-11H,12H2,1-2H3,(H,22,26)/b21-13-. The summed E-state index contributed by atoms with van der Waals surface area (Å²) in [7, 11) is 1.88. The molecular weight excluding hydrogens is 426 g/mol. The van der Waals surface area contributed by atoms with E-state index in [9.17, 15) is 4.79 Å². The van der Waals surface area contributed by atoms with Crippen LogP contribution in [0.2, 0.25) is 0 Å². The first-order valence-corrected chi connectivity index (χ1v) is 9.99. The van der Waals surface area contributed by atoms with Crippen LogP contribution in [0.5, 0.6) is 0 Å². The Hall–Kier alpha value is -2.45. The smallest absolute Gasteiger partial charge is 0.250 e. The fourth-order valence-electron chi connectivity index (χ4n) is 2.37. The lowest BCUT2D eigenvalue weighted by atomic mass is 10.1.